The number of hydrogen-bond donors (Lipinski definition) is 0. The van der Waals surface area contributed by atoms with E-state index in [1.54, 1.807) is 0 Å². The standard InChI is InChI=1S/C4H10.3CH4/c1-3-4-2;;;/h3-4H2,1-2H3;3*1H4. The lowest BCUT2D eigenvalue weighted by Crippen LogP contribution is -1.47. The lowest BCUT2D eigenvalue weighted by molar-refractivity contribution is 0.886. The summed E-state index contributed by atoms with van der Waals surface area (Å²) in [7, 11) is 0. The number of rotatable bonds is 1. The monoisotopic (exact) mass is 106 g/mol. The maximum atomic E-state index is 2.18. The zero-order valence-corrected chi connectivity index (χ0v) is 3.41. The van der Waals surface area contributed by atoms with E-state index in [1.165, 1.54) is 12.8 Å². The third-order valence-corrected chi connectivity index (χ3v) is 0.500. The van der Waals surface area contributed by atoms with Crippen molar-refractivity contribution in [3.05, 3.63) is 0 Å². The van der Waals surface area contributed by atoms with E-state index in [0.717, 1.165) is 0 Å². The van der Waals surface area contributed by atoms with E-state index in [0.29, 0.717) is 0 Å². The zero-order chi connectivity index (χ0) is 3.41. The summed E-state index contributed by atoms with van der Waals surface area (Å²) >= 11 is 0. The molecule has 0 spiro atoms. The van der Waals surface area contributed by atoms with E-state index < -0.39 is 0 Å². The maximum Gasteiger partial charge on any atom is -0.0564 e. The van der Waals surface area contributed by atoms with Gasteiger partial charge in [-0.25, -0.2) is 0 Å². The number of unbranched alkanes of at least 4 members (excludes halogenated alkanes) is 1. The molecule has 0 amide bonds. The minimum absolute atomic E-state index is 0. The molecule has 0 aromatic rings. The van der Waals surface area contributed by atoms with Gasteiger partial charge in [0.15, 0.2) is 0 Å². The first kappa shape index (κ1) is 28.0. The molecule has 0 heterocycles. The lowest BCUT2D eigenvalue weighted by Gasteiger charge is -1.68. The highest BCUT2D eigenvalue weighted by Crippen LogP contribution is 1.76. The van der Waals surface area contributed by atoms with Gasteiger partial charge in [0.2, 0.25) is 0 Å². The summed E-state index contributed by atoms with van der Waals surface area (Å²) in [5, 5.41) is 0. The van der Waals surface area contributed by atoms with E-state index >= 15 is 0 Å². The van der Waals surface area contributed by atoms with Crippen molar-refractivity contribution >= 4 is 0 Å². The Kier molecular flexibility index (Phi) is 150. The normalized spacial score (nSPS) is 4.29. The smallest absolute Gasteiger partial charge is 0.0564 e. The Hall–Kier alpha value is 0. The van der Waals surface area contributed by atoms with Crippen LogP contribution in [0.1, 0.15) is 49.0 Å². The first-order valence-electron chi connectivity index (χ1n) is 1.91. The van der Waals surface area contributed by atoms with Gasteiger partial charge >= 0.3 is 0 Å². The first-order valence-corrected chi connectivity index (χ1v) is 1.91. The summed E-state index contributed by atoms with van der Waals surface area (Å²) in [6, 6.07) is 0. The minimum Gasteiger partial charge on any atom is -0.0776 e. The van der Waals surface area contributed by atoms with Gasteiger partial charge in [0.25, 0.3) is 0 Å². The Bertz CT molecular complexity index is 2.00. The van der Waals surface area contributed by atoms with Gasteiger partial charge in [0.05, 0.1) is 0 Å². The fraction of sp³-hybridized carbons (Fsp3) is 1.00. The van der Waals surface area contributed by atoms with Gasteiger partial charge < -0.3 is 0 Å². The van der Waals surface area contributed by atoms with Crippen molar-refractivity contribution in [2.75, 3.05) is 0 Å². The second-order valence-electron chi connectivity index (χ2n) is 1.000. The van der Waals surface area contributed by atoms with Crippen LogP contribution >= 0.6 is 0 Å². The van der Waals surface area contributed by atoms with E-state index in [2.05, 4.69) is 13.8 Å². The molecule has 0 unspecified atom stereocenters. The van der Waals surface area contributed by atoms with Crippen LogP contribution in [-0.2, 0) is 0 Å². The summed E-state index contributed by atoms with van der Waals surface area (Å²) in [5.41, 5.74) is 0. The summed E-state index contributed by atoms with van der Waals surface area (Å²) in [6.07, 6.45) is 2.64. The van der Waals surface area contributed by atoms with Crippen molar-refractivity contribution in [2.45, 2.75) is 49.0 Å². The summed E-state index contributed by atoms with van der Waals surface area (Å²) in [5.74, 6) is 0. The largest absolute Gasteiger partial charge is 0.0776 e. The van der Waals surface area contributed by atoms with Crippen molar-refractivity contribution in [1.29, 1.82) is 0 Å². The second kappa shape index (κ2) is 37.5. The SMILES string of the molecule is C.C.C.CCCC. The maximum absolute atomic E-state index is 2.18. The zero-order valence-electron chi connectivity index (χ0n) is 3.41. The molecule has 0 radical (unpaired) electrons. The molecule has 0 bridgehead atoms. The Balaban J connectivity index is -0.0000000150. The Morgan fingerprint density at radius 1 is 0.714 bits per heavy atom. The Labute approximate surface area is 49.9 Å². The number of hydrogen-bond acceptors (Lipinski definition) is 0. The average Bonchev–Trinajstić information content (AvgIpc) is 1.37. The lowest BCUT2D eigenvalue weighted by atomic mass is 10.4. The molecule has 0 aromatic heterocycles. The minimum atomic E-state index is 0. The Morgan fingerprint density at radius 2 is 0.857 bits per heavy atom. The molecule has 7 heavy (non-hydrogen) atoms. The first-order chi connectivity index (χ1) is 1.91. The second-order valence-corrected chi connectivity index (χ2v) is 1.000. The van der Waals surface area contributed by atoms with Crippen LogP contribution in [0, 0.1) is 0 Å². The van der Waals surface area contributed by atoms with Crippen LogP contribution in [0.15, 0.2) is 0 Å². The molecular formula is C7H22. The predicted molar refractivity (Wildman–Crippen MR) is 40.8 cm³/mol. The van der Waals surface area contributed by atoms with Gasteiger partial charge in [-0.3, -0.25) is 0 Å². The molecule has 0 rings (SSSR count). The highest BCUT2D eigenvalue weighted by molar-refractivity contribution is 4.12. The van der Waals surface area contributed by atoms with Crippen molar-refractivity contribution in [2.24, 2.45) is 0 Å². The van der Waals surface area contributed by atoms with Crippen LogP contribution in [0.2, 0.25) is 0 Å². The molecule has 0 aliphatic heterocycles. The molecule has 0 N–H and O–H groups in total. The summed E-state index contributed by atoms with van der Waals surface area (Å²) in [6.45, 7) is 4.36. The van der Waals surface area contributed by atoms with E-state index in [1.807, 2.05) is 0 Å². The molecule has 50 valence electrons. The molecule has 0 nitrogen and oxygen atoms in total. The third kappa shape index (κ3) is 96.0. The fourth-order valence-corrected chi connectivity index (χ4v) is 0. The van der Waals surface area contributed by atoms with Gasteiger partial charge in [-0.15, -0.1) is 0 Å². The van der Waals surface area contributed by atoms with Gasteiger partial charge in [-0.2, -0.15) is 0 Å². The molecule has 0 aliphatic carbocycles. The van der Waals surface area contributed by atoms with Crippen LogP contribution in [-0.4, -0.2) is 0 Å². The highest BCUT2D eigenvalue weighted by atomic mass is 13.6. The van der Waals surface area contributed by atoms with Crippen LogP contribution in [0.5, 0.6) is 0 Å². The van der Waals surface area contributed by atoms with Crippen molar-refractivity contribution in [3.63, 3.8) is 0 Å². The van der Waals surface area contributed by atoms with Crippen molar-refractivity contribution < 1.29 is 0 Å². The van der Waals surface area contributed by atoms with Crippen LogP contribution in [0.25, 0.3) is 0 Å². The van der Waals surface area contributed by atoms with Crippen molar-refractivity contribution in [1.82, 2.24) is 0 Å². The fourth-order valence-electron chi connectivity index (χ4n) is 0. The van der Waals surface area contributed by atoms with Crippen molar-refractivity contribution in [3.8, 4) is 0 Å². The molecule has 0 heteroatoms. The highest BCUT2D eigenvalue weighted by Gasteiger charge is 1.56. The van der Waals surface area contributed by atoms with Crippen LogP contribution in [0.4, 0.5) is 0 Å². The molecule has 0 atom stereocenters. The van der Waals surface area contributed by atoms with Gasteiger partial charge in [-0.05, 0) is 0 Å². The van der Waals surface area contributed by atoms with Gasteiger partial charge in [-0.1, -0.05) is 49.0 Å². The van der Waals surface area contributed by atoms with Crippen LogP contribution < -0.4 is 0 Å². The molecule has 0 saturated carbocycles. The van der Waals surface area contributed by atoms with E-state index in [9.17, 15) is 0 Å². The molecular weight excluding hydrogens is 84.1 g/mol. The summed E-state index contributed by atoms with van der Waals surface area (Å²) in [4.78, 5) is 0. The topological polar surface area (TPSA) is 0 Å². The van der Waals surface area contributed by atoms with Gasteiger partial charge in [0, 0.05) is 0 Å². The van der Waals surface area contributed by atoms with Gasteiger partial charge in [0.1, 0.15) is 0 Å². The quantitative estimate of drug-likeness (QED) is 0.478. The predicted octanol–water partition coefficient (Wildman–Crippen LogP) is 3.71. The Morgan fingerprint density at radius 3 is 0.857 bits per heavy atom. The van der Waals surface area contributed by atoms with Crippen LogP contribution in [0.3, 0.4) is 0 Å². The van der Waals surface area contributed by atoms with E-state index in [4.69, 9.17) is 0 Å². The molecule has 0 aliphatic rings. The molecule has 0 fully saturated rings. The molecule has 0 aromatic carbocycles. The van der Waals surface area contributed by atoms with E-state index in [-0.39, 0.29) is 22.3 Å². The third-order valence-electron chi connectivity index (χ3n) is 0.500. The summed E-state index contributed by atoms with van der Waals surface area (Å²) < 4.78 is 0. The average molecular weight is 106 g/mol. The molecule has 0 saturated heterocycles.